The molecule has 6 heteroatoms. The number of anilines is 1. The summed E-state index contributed by atoms with van der Waals surface area (Å²) in [7, 11) is 0. The Bertz CT molecular complexity index is 1010. The van der Waals surface area contributed by atoms with E-state index in [9.17, 15) is 10.1 Å². The van der Waals surface area contributed by atoms with E-state index in [2.05, 4.69) is 16.4 Å². The van der Waals surface area contributed by atoms with Crippen molar-refractivity contribution in [3.05, 3.63) is 59.8 Å². The SMILES string of the molecule is N#Cc1cnc2ccccc2c1NC(=O)c1cccc2c1OCO2. The Morgan fingerprint density at radius 3 is 2.92 bits per heavy atom. The number of benzene rings is 2. The highest BCUT2D eigenvalue weighted by Gasteiger charge is 2.23. The van der Waals surface area contributed by atoms with Gasteiger partial charge in [0, 0.05) is 11.6 Å². The van der Waals surface area contributed by atoms with Crippen molar-refractivity contribution in [2.75, 3.05) is 12.1 Å². The minimum atomic E-state index is -0.370. The van der Waals surface area contributed by atoms with Crippen LogP contribution in [-0.2, 0) is 0 Å². The van der Waals surface area contributed by atoms with Crippen molar-refractivity contribution in [2.45, 2.75) is 0 Å². The molecule has 0 saturated heterocycles. The number of nitriles is 1. The molecule has 0 aliphatic carbocycles. The molecular formula is C18H11N3O3. The summed E-state index contributed by atoms with van der Waals surface area (Å²) in [6.45, 7) is 0.0846. The highest BCUT2D eigenvalue weighted by atomic mass is 16.7. The van der Waals surface area contributed by atoms with E-state index in [-0.39, 0.29) is 12.7 Å². The molecule has 1 aliphatic rings. The molecule has 0 unspecified atom stereocenters. The summed E-state index contributed by atoms with van der Waals surface area (Å²) in [6, 6.07) is 14.5. The predicted molar refractivity (Wildman–Crippen MR) is 87.0 cm³/mol. The Kier molecular flexibility index (Phi) is 3.25. The van der Waals surface area contributed by atoms with Gasteiger partial charge in [-0.25, -0.2) is 0 Å². The molecule has 3 aromatic rings. The van der Waals surface area contributed by atoms with Gasteiger partial charge < -0.3 is 14.8 Å². The Morgan fingerprint density at radius 1 is 1.17 bits per heavy atom. The van der Waals surface area contributed by atoms with Gasteiger partial charge in [0.1, 0.15) is 6.07 Å². The molecule has 1 aromatic heterocycles. The molecule has 2 heterocycles. The van der Waals surface area contributed by atoms with Gasteiger partial charge in [-0.05, 0) is 18.2 Å². The quantitative estimate of drug-likeness (QED) is 0.785. The fourth-order valence-electron chi connectivity index (χ4n) is 2.65. The van der Waals surface area contributed by atoms with Crippen LogP contribution in [0.5, 0.6) is 11.5 Å². The van der Waals surface area contributed by atoms with Crippen LogP contribution in [0.3, 0.4) is 0 Å². The number of ether oxygens (including phenoxy) is 2. The maximum atomic E-state index is 12.7. The number of aromatic nitrogens is 1. The van der Waals surface area contributed by atoms with Crippen molar-refractivity contribution >= 4 is 22.5 Å². The number of pyridine rings is 1. The van der Waals surface area contributed by atoms with E-state index in [4.69, 9.17) is 9.47 Å². The Balaban J connectivity index is 1.79. The van der Waals surface area contributed by atoms with E-state index in [1.807, 2.05) is 24.3 Å². The van der Waals surface area contributed by atoms with Gasteiger partial charge in [-0.3, -0.25) is 9.78 Å². The van der Waals surface area contributed by atoms with Gasteiger partial charge in [-0.1, -0.05) is 24.3 Å². The number of carbonyl (C=O) groups is 1. The standard InChI is InChI=1S/C18H11N3O3/c19-8-11-9-20-14-6-2-1-4-12(14)16(11)21-18(22)13-5-3-7-15-17(13)24-10-23-15/h1-7,9H,10H2,(H,20,21,22). The van der Waals surface area contributed by atoms with E-state index in [1.54, 1.807) is 18.2 Å². The zero-order valence-corrected chi connectivity index (χ0v) is 12.4. The third-order valence-corrected chi connectivity index (χ3v) is 3.78. The van der Waals surface area contributed by atoms with Gasteiger partial charge in [0.05, 0.1) is 22.3 Å². The zero-order chi connectivity index (χ0) is 16.5. The summed E-state index contributed by atoms with van der Waals surface area (Å²) in [5.41, 5.74) is 1.79. The summed E-state index contributed by atoms with van der Waals surface area (Å²) in [5, 5.41) is 12.8. The smallest absolute Gasteiger partial charge is 0.259 e. The van der Waals surface area contributed by atoms with Crippen LogP contribution in [0.25, 0.3) is 10.9 Å². The Labute approximate surface area is 137 Å². The molecule has 1 aliphatic heterocycles. The topological polar surface area (TPSA) is 84.2 Å². The number of para-hydroxylation sites is 2. The molecule has 0 saturated carbocycles. The molecule has 0 bridgehead atoms. The van der Waals surface area contributed by atoms with E-state index in [1.165, 1.54) is 6.20 Å². The first-order valence-electron chi connectivity index (χ1n) is 7.26. The molecule has 6 nitrogen and oxygen atoms in total. The van der Waals surface area contributed by atoms with Crippen molar-refractivity contribution < 1.29 is 14.3 Å². The molecule has 24 heavy (non-hydrogen) atoms. The van der Waals surface area contributed by atoms with E-state index in [0.717, 1.165) is 0 Å². The summed E-state index contributed by atoms with van der Waals surface area (Å²) in [6.07, 6.45) is 1.45. The van der Waals surface area contributed by atoms with Crippen LogP contribution in [0.2, 0.25) is 0 Å². The lowest BCUT2D eigenvalue weighted by Crippen LogP contribution is -2.14. The van der Waals surface area contributed by atoms with Crippen molar-refractivity contribution in [1.82, 2.24) is 4.98 Å². The molecule has 2 aromatic carbocycles. The number of nitrogens with one attached hydrogen (secondary N) is 1. The first kappa shape index (κ1) is 14.0. The van der Waals surface area contributed by atoms with Gasteiger partial charge in [-0.15, -0.1) is 0 Å². The maximum Gasteiger partial charge on any atom is 0.259 e. The number of hydrogen-bond acceptors (Lipinski definition) is 5. The van der Waals surface area contributed by atoms with Crippen LogP contribution in [0, 0.1) is 11.3 Å². The van der Waals surface area contributed by atoms with E-state index < -0.39 is 0 Å². The molecule has 1 amide bonds. The van der Waals surface area contributed by atoms with Crippen LogP contribution < -0.4 is 14.8 Å². The molecule has 1 N–H and O–H groups in total. The fourth-order valence-corrected chi connectivity index (χ4v) is 2.65. The van der Waals surface area contributed by atoms with Crippen LogP contribution in [0.1, 0.15) is 15.9 Å². The van der Waals surface area contributed by atoms with Gasteiger partial charge >= 0.3 is 0 Å². The summed E-state index contributed by atoms with van der Waals surface area (Å²) in [4.78, 5) is 16.9. The summed E-state index contributed by atoms with van der Waals surface area (Å²) >= 11 is 0. The molecule has 4 rings (SSSR count). The normalized spacial score (nSPS) is 12.0. The number of nitrogens with zero attached hydrogens (tertiary/aromatic N) is 2. The van der Waals surface area contributed by atoms with Gasteiger partial charge in [0.25, 0.3) is 5.91 Å². The molecule has 0 spiro atoms. The number of hydrogen-bond donors (Lipinski definition) is 1. The van der Waals surface area contributed by atoms with Crippen molar-refractivity contribution in [3.8, 4) is 17.6 Å². The number of carbonyl (C=O) groups excluding carboxylic acids is 1. The Hall–Kier alpha value is -3.59. The molecule has 116 valence electrons. The van der Waals surface area contributed by atoms with E-state index >= 15 is 0 Å². The van der Waals surface area contributed by atoms with Crippen LogP contribution >= 0.6 is 0 Å². The van der Waals surface area contributed by atoms with Crippen LogP contribution in [0.4, 0.5) is 5.69 Å². The van der Waals surface area contributed by atoms with Gasteiger partial charge in [-0.2, -0.15) is 5.26 Å². The largest absolute Gasteiger partial charge is 0.454 e. The first-order valence-corrected chi connectivity index (χ1v) is 7.26. The highest BCUT2D eigenvalue weighted by molar-refractivity contribution is 6.11. The fraction of sp³-hybridized carbons (Fsp3) is 0.0556. The lowest BCUT2D eigenvalue weighted by Gasteiger charge is -2.11. The molecular weight excluding hydrogens is 306 g/mol. The average Bonchev–Trinajstić information content (AvgIpc) is 3.10. The summed E-state index contributed by atoms with van der Waals surface area (Å²) in [5.74, 6) is 0.569. The lowest BCUT2D eigenvalue weighted by atomic mass is 10.1. The van der Waals surface area contributed by atoms with Crippen LogP contribution in [0.15, 0.2) is 48.7 Å². The second-order valence-electron chi connectivity index (χ2n) is 5.17. The number of rotatable bonds is 2. The number of fused-ring (bicyclic) bond motifs is 2. The average molecular weight is 317 g/mol. The number of amides is 1. The third kappa shape index (κ3) is 2.20. The first-order chi connectivity index (χ1) is 11.8. The molecule has 0 atom stereocenters. The summed E-state index contributed by atoms with van der Waals surface area (Å²) < 4.78 is 10.7. The molecule has 0 radical (unpaired) electrons. The third-order valence-electron chi connectivity index (χ3n) is 3.78. The lowest BCUT2D eigenvalue weighted by molar-refractivity contribution is 0.102. The predicted octanol–water partition coefficient (Wildman–Crippen LogP) is 3.09. The molecule has 0 fully saturated rings. The second-order valence-corrected chi connectivity index (χ2v) is 5.17. The monoisotopic (exact) mass is 317 g/mol. The second kappa shape index (κ2) is 5.56. The maximum absolute atomic E-state index is 12.7. The van der Waals surface area contributed by atoms with Crippen molar-refractivity contribution in [1.29, 1.82) is 5.26 Å². The minimum Gasteiger partial charge on any atom is -0.454 e. The van der Waals surface area contributed by atoms with Gasteiger partial charge in [0.15, 0.2) is 11.5 Å². The van der Waals surface area contributed by atoms with Crippen molar-refractivity contribution in [2.24, 2.45) is 0 Å². The van der Waals surface area contributed by atoms with Gasteiger partial charge in [0.2, 0.25) is 6.79 Å². The van der Waals surface area contributed by atoms with Crippen molar-refractivity contribution in [3.63, 3.8) is 0 Å². The minimum absolute atomic E-state index is 0.0846. The Morgan fingerprint density at radius 2 is 2.04 bits per heavy atom. The van der Waals surface area contributed by atoms with E-state index in [0.29, 0.717) is 39.2 Å². The van der Waals surface area contributed by atoms with Crippen LogP contribution in [-0.4, -0.2) is 17.7 Å². The highest BCUT2D eigenvalue weighted by Crippen LogP contribution is 2.36. The zero-order valence-electron chi connectivity index (χ0n) is 12.4.